The minimum Gasteiger partial charge on any atom is -0.487 e. The van der Waals surface area contributed by atoms with Crippen LogP contribution < -0.4 is 10.1 Å². The fourth-order valence-electron chi connectivity index (χ4n) is 3.72. The Hall–Kier alpha value is -2.15. The molecule has 2 fully saturated rings. The molecular formula is C20H27FN2O4. The molecule has 1 N–H and O–H groups in total. The molecule has 0 spiro atoms. The van der Waals surface area contributed by atoms with Gasteiger partial charge in [-0.2, -0.15) is 0 Å². The molecule has 3 rings (SSSR count). The summed E-state index contributed by atoms with van der Waals surface area (Å²) in [6, 6.07) is 5.99. The Morgan fingerprint density at radius 1 is 1.22 bits per heavy atom. The van der Waals surface area contributed by atoms with Crippen molar-refractivity contribution < 1.29 is 23.5 Å². The standard InChI is InChI=1S/C20H27FN2O4/c1-20(2,3)27-18(25)9-8-17(24)23-12-16(19-15(23)10-11-22-19)26-14-6-4-13(21)5-7-14/h4-7,15-16,19,22H,8-12H2,1-3H3/t15-,16+,19+/m1/s1. The van der Waals surface area contributed by atoms with Crippen molar-refractivity contribution in [1.82, 2.24) is 10.2 Å². The molecule has 2 saturated heterocycles. The van der Waals surface area contributed by atoms with E-state index in [9.17, 15) is 14.0 Å². The van der Waals surface area contributed by atoms with Gasteiger partial charge in [-0.15, -0.1) is 0 Å². The molecule has 0 aromatic heterocycles. The second-order valence-corrected chi connectivity index (χ2v) is 8.08. The van der Waals surface area contributed by atoms with Crippen LogP contribution in [0.2, 0.25) is 0 Å². The van der Waals surface area contributed by atoms with Gasteiger partial charge in [-0.1, -0.05) is 0 Å². The van der Waals surface area contributed by atoms with Gasteiger partial charge in [0.25, 0.3) is 0 Å². The second-order valence-electron chi connectivity index (χ2n) is 8.08. The van der Waals surface area contributed by atoms with Gasteiger partial charge < -0.3 is 19.7 Å². The molecule has 1 aromatic rings. The van der Waals surface area contributed by atoms with Gasteiger partial charge in [-0.25, -0.2) is 4.39 Å². The van der Waals surface area contributed by atoms with E-state index in [-0.39, 0.29) is 48.7 Å². The van der Waals surface area contributed by atoms with Crippen LogP contribution in [0.15, 0.2) is 24.3 Å². The van der Waals surface area contributed by atoms with Crippen LogP contribution in [-0.2, 0) is 14.3 Å². The number of esters is 1. The van der Waals surface area contributed by atoms with Crippen LogP contribution in [0.1, 0.15) is 40.0 Å². The van der Waals surface area contributed by atoms with Gasteiger partial charge in [0.2, 0.25) is 5.91 Å². The zero-order chi connectivity index (χ0) is 19.6. The SMILES string of the molecule is CC(C)(C)OC(=O)CCC(=O)N1C[C@H](Oc2ccc(F)cc2)[C@H]2NCC[C@H]21. The number of nitrogens with zero attached hydrogens (tertiary/aromatic N) is 1. The first-order valence-electron chi connectivity index (χ1n) is 9.40. The summed E-state index contributed by atoms with van der Waals surface area (Å²) < 4.78 is 24.3. The summed E-state index contributed by atoms with van der Waals surface area (Å²) in [4.78, 5) is 26.4. The van der Waals surface area contributed by atoms with Crippen LogP contribution >= 0.6 is 0 Å². The highest BCUT2D eigenvalue weighted by Crippen LogP contribution is 2.29. The minimum atomic E-state index is -0.553. The van der Waals surface area contributed by atoms with Crippen molar-refractivity contribution in [3.05, 3.63) is 30.1 Å². The first-order chi connectivity index (χ1) is 12.7. The number of hydrogen-bond acceptors (Lipinski definition) is 5. The van der Waals surface area contributed by atoms with E-state index < -0.39 is 5.60 Å². The van der Waals surface area contributed by atoms with Crippen molar-refractivity contribution in [3.8, 4) is 5.75 Å². The highest BCUT2D eigenvalue weighted by molar-refractivity contribution is 5.82. The lowest BCUT2D eigenvalue weighted by molar-refractivity contribution is -0.156. The Labute approximate surface area is 159 Å². The number of fused-ring (bicyclic) bond motifs is 1. The number of nitrogens with one attached hydrogen (secondary N) is 1. The smallest absolute Gasteiger partial charge is 0.306 e. The summed E-state index contributed by atoms with van der Waals surface area (Å²) in [5, 5.41) is 3.40. The predicted molar refractivity (Wildman–Crippen MR) is 97.8 cm³/mol. The lowest BCUT2D eigenvalue weighted by Crippen LogP contribution is -2.41. The summed E-state index contributed by atoms with van der Waals surface area (Å²) in [7, 11) is 0. The zero-order valence-corrected chi connectivity index (χ0v) is 16.0. The van der Waals surface area contributed by atoms with Crippen molar-refractivity contribution in [2.24, 2.45) is 0 Å². The van der Waals surface area contributed by atoms with Gasteiger partial charge in [-0.05, 0) is 58.0 Å². The van der Waals surface area contributed by atoms with Crippen molar-refractivity contribution in [2.45, 2.75) is 63.8 Å². The Balaban J connectivity index is 1.58. The highest BCUT2D eigenvalue weighted by Gasteiger charge is 2.47. The van der Waals surface area contributed by atoms with Crippen molar-refractivity contribution in [1.29, 1.82) is 0 Å². The highest BCUT2D eigenvalue weighted by atomic mass is 19.1. The maximum absolute atomic E-state index is 13.1. The Kier molecular flexibility index (Phi) is 5.69. The van der Waals surface area contributed by atoms with Crippen molar-refractivity contribution in [3.63, 3.8) is 0 Å². The number of carbonyl (C=O) groups excluding carboxylic acids is 2. The normalized spacial score (nSPS) is 24.6. The van der Waals surface area contributed by atoms with Gasteiger partial charge in [-0.3, -0.25) is 9.59 Å². The molecule has 148 valence electrons. The molecule has 1 aromatic carbocycles. The molecule has 3 atom stereocenters. The Morgan fingerprint density at radius 3 is 2.59 bits per heavy atom. The minimum absolute atomic E-state index is 0.0422. The molecule has 1 amide bonds. The molecule has 0 bridgehead atoms. The average molecular weight is 378 g/mol. The van der Waals surface area contributed by atoms with Gasteiger partial charge >= 0.3 is 5.97 Å². The van der Waals surface area contributed by atoms with Crippen LogP contribution in [0.4, 0.5) is 4.39 Å². The van der Waals surface area contributed by atoms with Crippen LogP contribution in [0.5, 0.6) is 5.75 Å². The Bertz CT molecular complexity index is 686. The van der Waals surface area contributed by atoms with E-state index in [1.807, 2.05) is 4.90 Å². The number of carbonyl (C=O) groups is 2. The summed E-state index contributed by atoms with van der Waals surface area (Å²) in [5.74, 6) is -0.165. The molecule has 2 aliphatic heterocycles. The molecule has 0 saturated carbocycles. The van der Waals surface area contributed by atoms with Gasteiger partial charge in [0.05, 0.1) is 25.0 Å². The monoisotopic (exact) mass is 378 g/mol. The van der Waals surface area contributed by atoms with E-state index in [1.165, 1.54) is 12.1 Å². The fraction of sp³-hybridized carbons (Fsp3) is 0.600. The molecule has 0 radical (unpaired) electrons. The first-order valence-corrected chi connectivity index (χ1v) is 9.40. The molecule has 2 heterocycles. The number of halogens is 1. The number of hydrogen-bond donors (Lipinski definition) is 1. The quantitative estimate of drug-likeness (QED) is 0.796. The second kappa shape index (κ2) is 7.84. The summed E-state index contributed by atoms with van der Waals surface area (Å²) >= 11 is 0. The maximum atomic E-state index is 13.1. The van der Waals surface area contributed by atoms with Crippen molar-refractivity contribution in [2.75, 3.05) is 13.1 Å². The molecule has 2 aliphatic rings. The number of amides is 1. The van der Waals surface area contributed by atoms with E-state index in [1.54, 1.807) is 32.9 Å². The number of ether oxygens (including phenoxy) is 2. The third kappa shape index (κ3) is 4.97. The van der Waals surface area contributed by atoms with E-state index >= 15 is 0 Å². The summed E-state index contributed by atoms with van der Waals surface area (Å²) in [5.41, 5.74) is -0.553. The Morgan fingerprint density at radius 2 is 1.93 bits per heavy atom. The molecule has 27 heavy (non-hydrogen) atoms. The largest absolute Gasteiger partial charge is 0.487 e. The van der Waals surface area contributed by atoms with Crippen LogP contribution in [0.25, 0.3) is 0 Å². The number of benzene rings is 1. The van der Waals surface area contributed by atoms with Crippen LogP contribution in [-0.4, -0.2) is 53.7 Å². The topological polar surface area (TPSA) is 67.9 Å². The molecule has 0 unspecified atom stereocenters. The maximum Gasteiger partial charge on any atom is 0.306 e. The van der Waals surface area contributed by atoms with Crippen LogP contribution in [0, 0.1) is 5.82 Å². The van der Waals surface area contributed by atoms with E-state index in [0.717, 1.165) is 13.0 Å². The molecule has 6 nitrogen and oxygen atoms in total. The fourth-order valence-corrected chi connectivity index (χ4v) is 3.72. The van der Waals surface area contributed by atoms with Crippen molar-refractivity contribution >= 4 is 11.9 Å². The van der Waals surface area contributed by atoms with Gasteiger partial charge in [0.15, 0.2) is 0 Å². The lowest BCUT2D eigenvalue weighted by Gasteiger charge is -2.23. The molecular weight excluding hydrogens is 351 g/mol. The van der Waals surface area contributed by atoms with Gasteiger partial charge in [0, 0.05) is 6.42 Å². The predicted octanol–water partition coefficient (Wildman–Crippen LogP) is 2.27. The van der Waals surface area contributed by atoms with Crippen LogP contribution in [0.3, 0.4) is 0 Å². The zero-order valence-electron chi connectivity index (χ0n) is 16.0. The first kappa shape index (κ1) is 19.6. The third-order valence-corrected chi connectivity index (χ3v) is 4.80. The third-order valence-electron chi connectivity index (χ3n) is 4.80. The summed E-state index contributed by atoms with van der Waals surface area (Å²) in [6.45, 7) is 6.68. The van der Waals surface area contributed by atoms with E-state index in [0.29, 0.717) is 12.3 Å². The van der Waals surface area contributed by atoms with Gasteiger partial charge in [0.1, 0.15) is 23.3 Å². The number of likely N-dealkylation sites (tertiary alicyclic amines) is 1. The average Bonchev–Trinajstić information content (AvgIpc) is 3.17. The molecule has 7 heteroatoms. The van der Waals surface area contributed by atoms with E-state index in [2.05, 4.69) is 5.32 Å². The lowest BCUT2D eigenvalue weighted by atomic mass is 10.1. The molecule has 0 aliphatic carbocycles. The number of rotatable bonds is 5. The van der Waals surface area contributed by atoms with E-state index in [4.69, 9.17) is 9.47 Å². The summed E-state index contributed by atoms with van der Waals surface area (Å²) in [6.07, 6.45) is 0.850.